The van der Waals surface area contributed by atoms with Crippen molar-refractivity contribution < 1.29 is 14.3 Å². The molecule has 8 heteroatoms. The van der Waals surface area contributed by atoms with Crippen molar-refractivity contribution in [3.63, 3.8) is 0 Å². The van der Waals surface area contributed by atoms with Gasteiger partial charge in [0, 0.05) is 30.7 Å². The third-order valence-electron chi connectivity index (χ3n) is 4.99. The SMILES string of the molecule is Cc1ccc(NC(=O)C2CCCN(C(=O)CCCOc3ccc(Cl)cc3Cl)C2)nc1. The van der Waals surface area contributed by atoms with Gasteiger partial charge in [0.15, 0.2) is 0 Å². The van der Waals surface area contributed by atoms with E-state index in [1.54, 1.807) is 35.4 Å². The number of amides is 2. The zero-order valence-corrected chi connectivity index (χ0v) is 18.4. The molecule has 2 heterocycles. The fourth-order valence-corrected chi connectivity index (χ4v) is 3.81. The highest BCUT2D eigenvalue weighted by molar-refractivity contribution is 6.35. The topological polar surface area (TPSA) is 71.5 Å². The van der Waals surface area contributed by atoms with Gasteiger partial charge < -0.3 is 15.0 Å². The van der Waals surface area contributed by atoms with Gasteiger partial charge in [-0.2, -0.15) is 0 Å². The lowest BCUT2D eigenvalue weighted by Crippen LogP contribution is -2.43. The van der Waals surface area contributed by atoms with Crippen LogP contribution in [0.4, 0.5) is 5.82 Å². The number of benzene rings is 1. The van der Waals surface area contributed by atoms with Crippen LogP contribution < -0.4 is 10.1 Å². The minimum atomic E-state index is -0.227. The molecular formula is C22H25Cl2N3O3. The van der Waals surface area contributed by atoms with E-state index in [0.29, 0.717) is 54.2 Å². The lowest BCUT2D eigenvalue weighted by molar-refractivity contribution is -0.134. The van der Waals surface area contributed by atoms with Crippen molar-refractivity contribution in [1.82, 2.24) is 9.88 Å². The Morgan fingerprint density at radius 3 is 2.83 bits per heavy atom. The molecule has 1 unspecified atom stereocenters. The molecule has 1 N–H and O–H groups in total. The average molecular weight is 450 g/mol. The molecule has 160 valence electrons. The summed E-state index contributed by atoms with van der Waals surface area (Å²) in [6, 6.07) is 8.72. The van der Waals surface area contributed by atoms with Gasteiger partial charge in [0.2, 0.25) is 11.8 Å². The lowest BCUT2D eigenvalue weighted by atomic mass is 9.96. The number of halogens is 2. The highest BCUT2D eigenvalue weighted by Crippen LogP contribution is 2.27. The molecule has 1 atom stereocenters. The second-order valence-electron chi connectivity index (χ2n) is 7.42. The number of carbonyl (C=O) groups excluding carboxylic acids is 2. The number of aryl methyl sites for hydroxylation is 1. The van der Waals surface area contributed by atoms with Gasteiger partial charge in [-0.3, -0.25) is 9.59 Å². The minimum Gasteiger partial charge on any atom is -0.492 e. The normalized spacial score (nSPS) is 16.2. The van der Waals surface area contributed by atoms with Crippen LogP contribution in [0.2, 0.25) is 10.0 Å². The highest BCUT2D eigenvalue weighted by Gasteiger charge is 2.28. The van der Waals surface area contributed by atoms with E-state index in [4.69, 9.17) is 27.9 Å². The molecule has 0 saturated carbocycles. The van der Waals surface area contributed by atoms with Gasteiger partial charge in [-0.1, -0.05) is 29.3 Å². The quantitative estimate of drug-likeness (QED) is 0.619. The maximum absolute atomic E-state index is 12.6. The Labute approximate surface area is 186 Å². The van der Waals surface area contributed by atoms with Gasteiger partial charge in [0.25, 0.3) is 0 Å². The first-order chi connectivity index (χ1) is 14.4. The number of anilines is 1. The Kier molecular flexibility index (Phi) is 7.94. The first-order valence-electron chi connectivity index (χ1n) is 10.0. The number of likely N-dealkylation sites (tertiary alicyclic amines) is 1. The summed E-state index contributed by atoms with van der Waals surface area (Å²) in [6.07, 6.45) is 4.21. The van der Waals surface area contributed by atoms with Crippen LogP contribution in [0.15, 0.2) is 36.5 Å². The fraction of sp³-hybridized carbons (Fsp3) is 0.409. The molecule has 6 nitrogen and oxygen atoms in total. The van der Waals surface area contributed by atoms with Gasteiger partial charge >= 0.3 is 0 Å². The van der Waals surface area contributed by atoms with Gasteiger partial charge in [0.1, 0.15) is 11.6 Å². The van der Waals surface area contributed by atoms with Crippen LogP contribution in [0, 0.1) is 12.8 Å². The second-order valence-corrected chi connectivity index (χ2v) is 8.26. The number of rotatable bonds is 7. The molecule has 1 saturated heterocycles. The molecule has 30 heavy (non-hydrogen) atoms. The van der Waals surface area contributed by atoms with E-state index in [0.717, 1.165) is 18.4 Å². The van der Waals surface area contributed by atoms with Crippen molar-refractivity contribution in [3.8, 4) is 5.75 Å². The lowest BCUT2D eigenvalue weighted by Gasteiger charge is -2.32. The maximum Gasteiger partial charge on any atom is 0.230 e. The highest BCUT2D eigenvalue weighted by atomic mass is 35.5. The summed E-state index contributed by atoms with van der Waals surface area (Å²) < 4.78 is 5.63. The molecule has 1 fully saturated rings. The monoisotopic (exact) mass is 449 g/mol. The first kappa shape index (κ1) is 22.4. The van der Waals surface area contributed by atoms with Crippen LogP contribution >= 0.6 is 23.2 Å². The number of nitrogens with zero attached hydrogens (tertiary/aromatic N) is 2. The number of aromatic nitrogens is 1. The fourth-order valence-electron chi connectivity index (χ4n) is 3.34. The summed E-state index contributed by atoms with van der Waals surface area (Å²) in [5.41, 5.74) is 1.03. The van der Waals surface area contributed by atoms with E-state index in [1.165, 1.54) is 0 Å². The number of nitrogens with one attached hydrogen (secondary N) is 1. The van der Waals surface area contributed by atoms with Gasteiger partial charge in [-0.15, -0.1) is 0 Å². The molecule has 3 rings (SSSR count). The van der Waals surface area contributed by atoms with Crippen LogP contribution in [0.25, 0.3) is 0 Å². The Morgan fingerprint density at radius 2 is 2.10 bits per heavy atom. The van der Waals surface area contributed by atoms with Crippen molar-refractivity contribution in [2.75, 3.05) is 25.0 Å². The van der Waals surface area contributed by atoms with Crippen molar-refractivity contribution in [1.29, 1.82) is 0 Å². The molecule has 1 aromatic heterocycles. The predicted octanol–water partition coefficient (Wildman–Crippen LogP) is 4.73. The number of ether oxygens (including phenoxy) is 1. The first-order valence-corrected chi connectivity index (χ1v) is 10.8. The van der Waals surface area contributed by atoms with E-state index < -0.39 is 0 Å². The number of piperidine rings is 1. The van der Waals surface area contributed by atoms with Crippen LogP contribution in [0.3, 0.4) is 0 Å². The summed E-state index contributed by atoms with van der Waals surface area (Å²) in [5.74, 6) is 0.797. The van der Waals surface area contributed by atoms with Gasteiger partial charge in [-0.05, 0) is 56.0 Å². The van der Waals surface area contributed by atoms with Crippen LogP contribution in [-0.4, -0.2) is 41.4 Å². The van der Waals surface area contributed by atoms with E-state index in [-0.39, 0.29) is 17.7 Å². The number of pyridine rings is 1. The Morgan fingerprint density at radius 1 is 1.27 bits per heavy atom. The number of hydrogen-bond acceptors (Lipinski definition) is 4. The summed E-state index contributed by atoms with van der Waals surface area (Å²) >= 11 is 11.9. The van der Waals surface area contributed by atoms with Crippen LogP contribution in [0.1, 0.15) is 31.2 Å². The smallest absolute Gasteiger partial charge is 0.230 e. The molecule has 0 bridgehead atoms. The Bertz CT molecular complexity index is 890. The zero-order valence-electron chi connectivity index (χ0n) is 16.9. The van der Waals surface area contributed by atoms with Gasteiger partial charge in [-0.25, -0.2) is 4.98 Å². The molecular weight excluding hydrogens is 425 g/mol. The van der Waals surface area contributed by atoms with E-state index in [1.807, 2.05) is 13.0 Å². The second kappa shape index (κ2) is 10.6. The number of hydrogen-bond donors (Lipinski definition) is 1. The Hall–Kier alpha value is -2.31. The summed E-state index contributed by atoms with van der Waals surface area (Å²) in [5, 5.41) is 3.84. The van der Waals surface area contributed by atoms with Crippen molar-refractivity contribution in [3.05, 3.63) is 52.1 Å². The van der Waals surface area contributed by atoms with Crippen molar-refractivity contribution >= 4 is 40.8 Å². The van der Waals surface area contributed by atoms with Crippen molar-refractivity contribution in [2.45, 2.75) is 32.6 Å². The third kappa shape index (κ3) is 6.34. The van der Waals surface area contributed by atoms with E-state index in [9.17, 15) is 9.59 Å². The molecule has 0 aliphatic carbocycles. The Balaban J connectivity index is 1.43. The van der Waals surface area contributed by atoms with Gasteiger partial charge in [0.05, 0.1) is 17.5 Å². The van der Waals surface area contributed by atoms with E-state index >= 15 is 0 Å². The summed E-state index contributed by atoms with van der Waals surface area (Å²) in [4.78, 5) is 31.1. The predicted molar refractivity (Wildman–Crippen MR) is 118 cm³/mol. The number of carbonyl (C=O) groups is 2. The summed E-state index contributed by atoms with van der Waals surface area (Å²) in [6.45, 7) is 3.43. The molecule has 1 aliphatic rings. The molecule has 1 aromatic carbocycles. The molecule has 1 aliphatic heterocycles. The van der Waals surface area contributed by atoms with Crippen molar-refractivity contribution in [2.24, 2.45) is 5.92 Å². The van der Waals surface area contributed by atoms with Crippen LogP contribution in [-0.2, 0) is 9.59 Å². The van der Waals surface area contributed by atoms with E-state index in [2.05, 4.69) is 10.3 Å². The summed E-state index contributed by atoms with van der Waals surface area (Å²) in [7, 11) is 0. The largest absolute Gasteiger partial charge is 0.492 e. The molecule has 2 amide bonds. The molecule has 0 spiro atoms. The standard InChI is InChI=1S/C22H25Cl2N3O3/c1-15-6-9-20(25-13-15)26-22(29)16-4-2-10-27(14-16)21(28)5-3-11-30-19-8-7-17(23)12-18(19)24/h6-9,12-13,16H,2-5,10-11,14H2,1H3,(H,25,26,29). The van der Waals surface area contributed by atoms with Crippen LogP contribution in [0.5, 0.6) is 5.75 Å². The molecule has 0 radical (unpaired) electrons. The maximum atomic E-state index is 12.6. The average Bonchev–Trinajstić information content (AvgIpc) is 2.74. The molecule has 2 aromatic rings. The zero-order chi connectivity index (χ0) is 21.5. The third-order valence-corrected chi connectivity index (χ3v) is 5.52. The minimum absolute atomic E-state index is 0.0340.